The van der Waals surface area contributed by atoms with Crippen LogP contribution < -0.4 is 10.6 Å². The molecule has 0 saturated carbocycles. The maximum absolute atomic E-state index is 3.69. The Balaban J connectivity index is 2.41. The Morgan fingerprint density at radius 3 is 2.17 bits per heavy atom. The third-order valence-corrected chi connectivity index (χ3v) is 2.93. The van der Waals surface area contributed by atoms with Crippen LogP contribution in [0, 0.1) is 0 Å². The van der Waals surface area contributed by atoms with Crippen molar-refractivity contribution in [1.82, 2.24) is 10.6 Å². The van der Waals surface area contributed by atoms with Gasteiger partial charge in [0, 0.05) is 24.7 Å². The van der Waals surface area contributed by atoms with Gasteiger partial charge in [0.05, 0.1) is 0 Å². The van der Waals surface area contributed by atoms with Gasteiger partial charge in [0.2, 0.25) is 0 Å². The zero-order valence-electron chi connectivity index (χ0n) is 8.56. The largest absolute Gasteiger partial charge is 0.311 e. The molecule has 0 aromatic rings. The van der Waals surface area contributed by atoms with Gasteiger partial charge in [0.15, 0.2) is 0 Å². The van der Waals surface area contributed by atoms with E-state index < -0.39 is 0 Å². The summed E-state index contributed by atoms with van der Waals surface area (Å²) in [5.74, 6) is 0. The minimum atomic E-state index is 0.689. The Kier molecular flexibility index (Phi) is 4.02. The first-order chi connectivity index (χ1) is 5.81. The predicted molar refractivity (Wildman–Crippen MR) is 53.4 cm³/mol. The normalized spacial score (nSPS) is 36.8. The quantitative estimate of drug-likeness (QED) is 0.671. The van der Waals surface area contributed by atoms with Gasteiger partial charge in [0.1, 0.15) is 0 Å². The Bertz CT molecular complexity index is 125. The van der Waals surface area contributed by atoms with Crippen LogP contribution in [0.15, 0.2) is 0 Å². The van der Waals surface area contributed by atoms with Crippen LogP contribution in [-0.2, 0) is 0 Å². The van der Waals surface area contributed by atoms with Gasteiger partial charge in [-0.05, 0) is 19.3 Å². The molecule has 0 spiro atoms. The van der Waals surface area contributed by atoms with E-state index in [1.54, 1.807) is 0 Å². The van der Waals surface area contributed by atoms with Gasteiger partial charge in [0.25, 0.3) is 0 Å². The molecular weight excluding hydrogens is 148 g/mol. The van der Waals surface area contributed by atoms with E-state index in [-0.39, 0.29) is 0 Å². The highest BCUT2D eigenvalue weighted by Gasteiger charge is 2.25. The van der Waals surface area contributed by atoms with Crippen molar-refractivity contribution in [3.05, 3.63) is 0 Å². The summed E-state index contributed by atoms with van der Waals surface area (Å²) in [6.45, 7) is 7.91. The molecule has 0 aliphatic carbocycles. The summed E-state index contributed by atoms with van der Waals surface area (Å²) in [7, 11) is 0. The molecule has 0 bridgehead atoms. The lowest BCUT2D eigenvalue weighted by atomic mass is 9.97. The first kappa shape index (κ1) is 10.0. The topological polar surface area (TPSA) is 24.1 Å². The molecule has 1 rings (SSSR count). The van der Waals surface area contributed by atoms with Gasteiger partial charge >= 0.3 is 0 Å². The first-order valence-electron chi connectivity index (χ1n) is 5.31. The summed E-state index contributed by atoms with van der Waals surface area (Å²) in [5.41, 5.74) is 0. The highest BCUT2D eigenvalue weighted by Crippen LogP contribution is 2.10. The van der Waals surface area contributed by atoms with Gasteiger partial charge in [-0.3, -0.25) is 0 Å². The minimum Gasteiger partial charge on any atom is -0.311 e. The fourth-order valence-electron chi connectivity index (χ4n) is 2.01. The van der Waals surface area contributed by atoms with Crippen LogP contribution in [0.2, 0.25) is 0 Å². The van der Waals surface area contributed by atoms with Crippen LogP contribution in [0.4, 0.5) is 0 Å². The number of nitrogens with one attached hydrogen (secondary N) is 2. The van der Waals surface area contributed by atoms with Crippen LogP contribution >= 0.6 is 0 Å². The average Bonchev–Trinajstić information content (AvgIpc) is 2.16. The molecule has 3 atom stereocenters. The van der Waals surface area contributed by atoms with Crippen LogP contribution in [0.3, 0.4) is 0 Å². The van der Waals surface area contributed by atoms with Crippen molar-refractivity contribution >= 4 is 0 Å². The predicted octanol–water partition coefficient (Wildman–Crippen LogP) is 1.51. The van der Waals surface area contributed by atoms with E-state index in [4.69, 9.17) is 0 Å². The molecule has 12 heavy (non-hydrogen) atoms. The van der Waals surface area contributed by atoms with E-state index in [9.17, 15) is 0 Å². The fourth-order valence-corrected chi connectivity index (χ4v) is 2.01. The molecule has 1 heterocycles. The Hall–Kier alpha value is -0.0800. The monoisotopic (exact) mass is 170 g/mol. The Labute approximate surface area is 76.1 Å². The third-order valence-electron chi connectivity index (χ3n) is 2.93. The molecule has 2 nitrogen and oxygen atoms in total. The second kappa shape index (κ2) is 4.83. The van der Waals surface area contributed by atoms with Gasteiger partial charge in [-0.2, -0.15) is 0 Å². The van der Waals surface area contributed by atoms with Crippen molar-refractivity contribution in [2.24, 2.45) is 0 Å². The van der Waals surface area contributed by atoms with Crippen molar-refractivity contribution in [2.45, 2.75) is 58.2 Å². The molecular formula is C10H22N2. The summed E-state index contributed by atoms with van der Waals surface area (Å²) in [5, 5.41) is 7.30. The standard InChI is InChI=1S/C10H22N2/c1-4-8-7-11-9(5-2)10(6-3)12-8/h8-12H,4-7H2,1-3H3. The average molecular weight is 170 g/mol. The number of rotatable bonds is 3. The summed E-state index contributed by atoms with van der Waals surface area (Å²) in [6.07, 6.45) is 3.71. The third kappa shape index (κ3) is 2.20. The summed E-state index contributed by atoms with van der Waals surface area (Å²) in [6, 6.07) is 2.07. The van der Waals surface area contributed by atoms with Crippen molar-refractivity contribution in [3.8, 4) is 0 Å². The van der Waals surface area contributed by atoms with E-state index in [2.05, 4.69) is 31.4 Å². The maximum Gasteiger partial charge on any atom is 0.0221 e. The zero-order valence-corrected chi connectivity index (χ0v) is 8.56. The molecule has 1 fully saturated rings. The SMILES string of the molecule is CCC1CNC(CC)C(CC)N1. The zero-order chi connectivity index (χ0) is 8.97. The molecule has 1 aliphatic heterocycles. The molecule has 2 heteroatoms. The molecule has 0 amide bonds. The maximum atomic E-state index is 3.69. The van der Waals surface area contributed by atoms with Crippen molar-refractivity contribution < 1.29 is 0 Å². The Morgan fingerprint density at radius 1 is 1.00 bits per heavy atom. The summed E-state index contributed by atoms with van der Waals surface area (Å²) < 4.78 is 0. The Morgan fingerprint density at radius 2 is 1.67 bits per heavy atom. The molecule has 72 valence electrons. The van der Waals surface area contributed by atoms with Gasteiger partial charge in [-0.1, -0.05) is 20.8 Å². The summed E-state index contributed by atoms with van der Waals surface area (Å²) >= 11 is 0. The van der Waals surface area contributed by atoms with Gasteiger partial charge in [-0.15, -0.1) is 0 Å². The molecule has 0 aromatic carbocycles. The second-order valence-corrected chi connectivity index (χ2v) is 3.71. The molecule has 0 aromatic heterocycles. The number of hydrogen-bond donors (Lipinski definition) is 2. The van der Waals surface area contributed by atoms with Gasteiger partial charge < -0.3 is 10.6 Å². The van der Waals surface area contributed by atoms with Crippen LogP contribution in [-0.4, -0.2) is 24.7 Å². The first-order valence-corrected chi connectivity index (χ1v) is 5.31. The minimum absolute atomic E-state index is 0.689. The van der Waals surface area contributed by atoms with Crippen molar-refractivity contribution in [2.75, 3.05) is 6.54 Å². The molecule has 3 unspecified atom stereocenters. The van der Waals surface area contributed by atoms with Crippen LogP contribution in [0.1, 0.15) is 40.0 Å². The lowest BCUT2D eigenvalue weighted by Gasteiger charge is -2.37. The highest BCUT2D eigenvalue weighted by atomic mass is 15.1. The van der Waals surface area contributed by atoms with Crippen LogP contribution in [0.5, 0.6) is 0 Å². The lowest BCUT2D eigenvalue weighted by molar-refractivity contribution is 0.252. The van der Waals surface area contributed by atoms with E-state index >= 15 is 0 Å². The van der Waals surface area contributed by atoms with E-state index in [1.807, 2.05) is 0 Å². The molecule has 1 aliphatic rings. The van der Waals surface area contributed by atoms with E-state index in [1.165, 1.54) is 19.3 Å². The number of hydrogen-bond acceptors (Lipinski definition) is 2. The second-order valence-electron chi connectivity index (χ2n) is 3.71. The van der Waals surface area contributed by atoms with Crippen molar-refractivity contribution in [1.29, 1.82) is 0 Å². The molecule has 1 saturated heterocycles. The van der Waals surface area contributed by atoms with E-state index in [0.717, 1.165) is 6.54 Å². The van der Waals surface area contributed by atoms with Gasteiger partial charge in [-0.25, -0.2) is 0 Å². The number of piperazine rings is 1. The van der Waals surface area contributed by atoms with Crippen molar-refractivity contribution in [3.63, 3.8) is 0 Å². The highest BCUT2D eigenvalue weighted by molar-refractivity contribution is 4.89. The fraction of sp³-hybridized carbons (Fsp3) is 1.00. The van der Waals surface area contributed by atoms with E-state index in [0.29, 0.717) is 18.1 Å². The van der Waals surface area contributed by atoms with Crippen LogP contribution in [0.25, 0.3) is 0 Å². The molecule has 0 radical (unpaired) electrons. The lowest BCUT2D eigenvalue weighted by Crippen LogP contribution is -2.60. The molecule has 2 N–H and O–H groups in total. The summed E-state index contributed by atoms with van der Waals surface area (Å²) in [4.78, 5) is 0. The smallest absolute Gasteiger partial charge is 0.0221 e.